The minimum atomic E-state index is -1.16. The quantitative estimate of drug-likeness (QED) is 0.521. The number of carbonyl (C=O) groups is 3. The molecule has 11 nitrogen and oxygen atoms in total. The fourth-order valence-electron chi connectivity index (χ4n) is 2.38. The van der Waals surface area contributed by atoms with Crippen molar-refractivity contribution in [1.29, 1.82) is 0 Å². The van der Waals surface area contributed by atoms with Crippen LogP contribution in [0.1, 0.15) is 26.3 Å². The Morgan fingerprint density at radius 3 is 2.42 bits per heavy atom. The predicted molar refractivity (Wildman–Crippen MR) is 114 cm³/mol. The van der Waals surface area contributed by atoms with Gasteiger partial charge in [-0.2, -0.15) is 5.10 Å². The van der Waals surface area contributed by atoms with Crippen LogP contribution in [0, 0.1) is 0 Å². The van der Waals surface area contributed by atoms with Crippen molar-refractivity contribution >= 4 is 29.6 Å². The summed E-state index contributed by atoms with van der Waals surface area (Å²) >= 11 is 0. The average Bonchev–Trinajstić information content (AvgIpc) is 3.01. The molecule has 0 aliphatic carbocycles. The largest absolute Gasteiger partial charge is 0.445 e. The lowest BCUT2D eigenvalue weighted by molar-refractivity contribution is -0.118. The van der Waals surface area contributed by atoms with Crippen molar-refractivity contribution < 1.29 is 23.9 Å². The first kappa shape index (κ1) is 23.5. The molecule has 3 amide bonds. The van der Waals surface area contributed by atoms with E-state index in [1.54, 1.807) is 40.0 Å². The molecule has 5 N–H and O–H groups in total. The second-order valence-corrected chi connectivity index (χ2v) is 7.70. The van der Waals surface area contributed by atoms with E-state index in [1.807, 2.05) is 18.2 Å². The monoisotopic (exact) mass is 432 g/mol. The third-order valence-corrected chi connectivity index (χ3v) is 3.91. The number of aryl methyl sites for hydroxylation is 1. The molecule has 1 atom stereocenters. The highest BCUT2D eigenvalue weighted by molar-refractivity contribution is 5.98. The van der Waals surface area contributed by atoms with Crippen LogP contribution in [0.4, 0.5) is 21.1 Å². The molecule has 0 aliphatic heterocycles. The number of nitrogens with zero attached hydrogens (tertiary/aromatic N) is 2. The first-order valence-electron chi connectivity index (χ1n) is 9.57. The molecule has 1 aromatic heterocycles. The number of carbonyl (C=O) groups excluding carboxylic acids is 3. The van der Waals surface area contributed by atoms with Crippen molar-refractivity contribution in [3.63, 3.8) is 0 Å². The zero-order valence-electron chi connectivity index (χ0n) is 18.0. The van der Waals surface area contributed by atoms with E-state index in [1.165, 1.54) is 10.9 Å². The summed E-state index contributed by atoms with van der Waals surface area (Å²) in [6.45, 7) is 4.92. The Balaban J connectivity index is 2.01. The van der Waals surface area contributed by atoms with Crippen molar-refractivity contribution in [2.75, 3.05) is 17.6 Å². The molecule has 0 fully saturated rings. The zero-order chi connectivity index (χ0) is 23.0. The van der Waals surface area contributed by atoms with E-state index < -0.39 is 29.7 Å². The molecule has 1 aromatic carbocycles. The van der Waals surface area contributed by atoms with Crippen LogP contribution in [0.3, 0.4) is 0 Å². The van der Waals surface area contributed by atoms with Gasteiger partial charge in [0, 0.05) is 7.05 Å². The maximum Gasteiger partial charge on any atom is 0.408 e. The summed E-state index contributed by atoms with van der Waals surface area (Å²) in [6.07, 6.45) is -0.181. The van der Waals surface area contributed by atoms with Gasteiger partial charge >= 0.3 is 12.2 Å². The van der Waals surface area contributed by atoms with Crippen molar-refractivity contribution in [3.05, 3.63) is 42.1 Å². The average molecular weight is 432 g/mol. The lowest BCUT2D eigenvalue weighted by Crippen LogP contribution is -2.51. The van der Waals surface area contributed by atoms with Gasteiger partial charge in [-0.3, -0.25) is 9.48 Å². The van der Waals surface area contributed by atoms with Crippen molar-refractivity contribution in [1.82, 2.24) is 20.4 Å². The zero-order valence-corrected chi connectivity index (χ0v) is 18.0. The van der Waals surface area contributed by atoms with Crippen molar-refractivity contribution in [3.8, 4) is 0 Å². The predicted octanol–water partition coefficient (Wildman–Crippen LogP) is 1.76. The van der Waals surface area contributed by atoms with Gasteiger partial charge in [0.1, 0.15) is 29.8 Å². The number of benzene rings is 1. The number of hydrogen-bond acceptors (Lipinski definition) is 7. The van der Waals surface area contributed by atoms with Crippen LogP contribution in [0.25, 0.3) is 0 Å². The summed E-state index contributed by atoms with van der Waals surface area (Å²) in [5, 5.41) is 11.4. The van der Waals surface area contributed by atoms with Crippen LogP contribution < -0.4 is 21.7 Å². The van der Waals surface area contributed by atoms with Gasteiger partial charge in [-0.1, -0.05) is 30.3 Å². The number of nitrogens with one attached hydrogen (secondary N) is 3. The number of alkyl carbamates (subject to hydrolysis) is 2. The highest BCUT2D eigenvalue weighted by Crippen LogP contribution is 2.16. The van der Waals surface area contributed by atoms with E-state index in [2.05, 4.69) is 21.0 Å². The fourth-order valence-corrected chi connectivity index (χ4v) is 2.38. The van der Waals surface area contributed by atoms with Crippen LogP contribution in [-0.2, 0) is 27.9 Å². The Morgan fingerprint density at radius 2 is 1.84 bits per heavy atom. The number of nitrogens with two attached hydrogens (primary N) is 1. The Morgan fingerprint density at radius 1 is 1.16 bits per heavy atom. The van der Waals surface area contributed by atoms with Crippen LogP contribution >= 0.6 is 0 Å². The number of hydrogen-bond donors (Lipinski definition) is 4. The number of anilines is 2. The number of rotatable bonds is 7. The van der Waals surface area contributed by atoms with E-state index in [0.717, 1.165) is 5.56 Å². The SMILES string of the molecule is Cn1ncc(NC(=O)[C@H](CNC(=O)OC(C)(C)C)NC(=O)OCc2ccccc2)c1N. The standard InChI is InChI=1S/C20H28N6O5/c1-20(2,3)31-18(28)22-10-15(17(27)24-14-11-23-26(4)16(14)21)25-19(29)30-12-13-8-6-5-7-9-13/h5-9,11,15H,10,12,21H2,1-4H3,(H,22,28)(H,24,27)(H,25,29)/t15-/m0/s1. The molecule has 0 saturated heterocycles. The molecule has 31 heavy (non-hydrogen) atoms. The molecular formula is C20H28N6O5. The summed E-state index contributed by atoms with van der Waals surface area (Å²) in [5.41, 5.74) is 6.18. The third kappa shape index (κ3) is 7.88. The second-order valence-electron chi connectivity index (χ2n) is 7.70. The molecule has 0 bridgehead atoms. The van der Waals surface area contributed by atoms with E-state index in [-0.39, 0.29) is 24.7 Å². The highest BCUT2D eigenvalue weighted by Gasteiger charge is 2.25. The van der Waals surface area contributed by atoms with Crippen molar-refractivity contribution in [2.24, 2.45) is 7.05 Å². The Labute approximate surface area is 180 Å². The topological polar surface area (TPSA) is 150 Å². The molecule has 0 aliphatic rings. The first-order chi connectivity index (χ1) is 14.5. The number of aromatic nitrogens is 2. The van der Waals surface area contributed by atoms with E-state index in [4.69, 9.17) is 15.2 Å². The Hall–Kier alpha value is -3.76. The third-order valence-electron chi connectivity index (χ3n) is 3.91. The van der Waals surface area contributed by atoms with Gasteiger partial charge in [0.2, 0.25) is 5.91 Å². The minimum absolute atomic E-state index is 0.0239. The summed E-state index contributed by atoms with van der Waals surface area (Å²) in [7, 11) is 1.62. The molecule has 2 aromatic rings. The van der Waals surface area contributed by atoms with Gasteiger partial charge in [0.15, 0.2) is 0 Å². The smallest absolute Gasteiger partial charge is 0.408 e. The van der Waals surface area contributed by atoms with Crippen LogP contribution in [-0.4, -0.2) is 46.1 Å². The van der Waals surface area contributed by atoms with Gasteiger partial charge in [0.05, 0.1) is 12.7 Å². The van der Waals surface area contributed by atoms with Gasteiger partial charge in [-0.15, -0.1) is 0 Å². The second kappa shape index (κ2) is 10.3. The molecule has 2 rings (SSSR count). The molecular weight excluding hydrogens is 404 g/mol. The summed E-state index contributed by atoms with van der Waals surface area (Å²) in [5.74, 6) is -0.383. The van der Waals surface area contributed by atoms with Crippen LogP contribution in [0.2, 0.25) is 0 Å². The summed E-state index contributed by atoms with van der Waals surface area (Å²) in [6, 6.07) is 7.91. The summed E-state index contributed by atoms with van der Waals surface area (Å²) < 4.78 is 11.7. The number of amides is 3. The molecule has 0 spiro atoms. The van der Waals surface area contributed by atoms with Gasteiger partial charge in [-0.25, -0.2) is 9.59 Å². The van der Waals surface area contributed by atoms with Crippen molar-refractivity contribution in [2.45, 2.75) is 39.0 Å². The first-order valence-corrected chi connectivity index (χ1v) is 9.57. The Kier molecular flexibility index (Phi) is 7.83. The number of ether oxygens (including phenoxy) is 2. The lowest BCUT2D eigenvalue weighted by atomic mass is 10.2. The van der Waals surface area contributed by atoms with E-state index >= 15 is 0 Å². The Bertz CT molecular complexity index is 907. The molecule has 11 heteroatoms. The number of nitrogen functional groups attached to an aromatic ring is 1. The normalized spacial score (nSPS) is 11.9. The summed E-state index contributed by atoms with van der Waals surface area (Å²) in [4.78, 5) is 36.9. The molecule has 0 radical (unpaired) electrons. The molecule has 168 valence electrons. The van der Waals surface area contributed by atoms with Gasteiger partial charge < -0.3 is 31.2 Å². The van der Waals surface area contributed by atoms with Gasteiger partial charge in [0.25, 0.3) is 0 Å². The lowest BCUT2D eigenvalue weighted by Gasteiger charge is -2.22. The fraction of sp³-hybridized carbons (Fsp3) is 0.400. The van der Waals surface area contributed by atoms with Crippen LogP contribution in [0.5, 0.6) is 0 Å². The van der Waals surface area contributed by atoms with Crippen LogP contribution in [0.15, 0.2) is 36.5 Å². The highest BCUT2D eigenvalue weighted by atomic mass is 16.6. The van der Waals surface area contributed by atoms with Gasteiger partial charge in [-0.05, 0) is 26.3 Å². The molecule has 0 unspecified atom stereocenters. The minimum Gasteiger partial charge on any atom is -0.445 e. The van der Waals surface area contributed by atoms with E-state index in [9.17, 15) is 14.4 Å². The maximum absolute atomic E-state index is 12.7. The molecule has 1 heterocycles. The molecule has 0 saturated carbocycles. The van der Waals surface area contributed by atoms with E-state index in [0.29, 0.717) is 0 Å². The maximum atomic E-state index is 12.7.